The first-order valence-corrected chi connectivity index (χ1v) is 12.8. The molecule has 2 aliphatic rings. The van der Waals surface area contributed by atoms with Crippen LogP contribution in [0, 0.1) is 5.92 Å². The van der Waals surface area contributed by atoms with Gasteiger partial charge in [0.25, 0.3) is 5.91 Å². The summed E-state index contributed by atoms with van der Waals surface area (Å²) < 4.78 is 2.14. The van der Waals surface area contributed by atoms with Crippen LogP contribution >= 0.6 is 11.3 Å². The van der Waals surface area contributed by atoms with Crippen LogP contribution in [-0.4, -0.2) is 45.8 Å². The summed E-state index contributed by atoms with van der Waals surface area (Å²) in [5.41, 5.74) is 3.76. The highest BCUT2D eigenvalue weighted by atomic mass is 32.1. The van der Waals surface area contributed by atoms with Gasteiger partial charge in [0, 0.05) is 38.3 Å². The van der Waals surface area contributed by atoms with Gasteiger partial charge in [-0.05, 0) is 60.0 Å². The molecule has 0 bridgehead atoms. The minimum Gasteiger partial charge on any atom is -0.338 e. The summed E-state index contributed by atoms with van der Waals surface area (Å²) in [6.07, 6.45) is 4.46. The first-order valence-electron chi connectivity index (χ1n) is 12.0. The number of rotatable bonds is 3. The van der Waals surface area contributed by atoms with E-state index < -0.39 is 0 Å². The van der Waals surface area contributed by atoms with Crippen LogP contribution in [-0.2, 0) is 17.8 Å². The quantitative estimate of drug-likeness (QED) is 0.418. The molecule has 4 aromatic rings. The van der Waals surface area contributed by atoms with Crippen molar-refractivity contribution in [1.82, 2.24) is 14.4 Å². The van der Waals surface area contributed by atoms with Gasteiger partial charge in [0.05, 0.1) is 10.4 Å². The van der Waals surface area contributed by atoms with E-state index >= 15 is 0 Å². The topological polar surface area (TPSA) is 45.6 Å². The molecular formula is C28H27N3O2S. The van der Waals surface area contributed by atoms with Crippen molar-refractivity contribution in [1.29, 1.82) is 0 Å². The fraction of sp³-hybridized carbons (Fsp3) is 0.286. The molecule has 172 valence electrons. The van der Waals surface area contributed by atoms with E-state index in [0.29, 0.717) is 19.6 Å². The molecule has 0 N–H and O–H groups in total. The van der Waals surface area contributed by atoms with Gasteiger partial charge in [-0.15, -0.1) is 11.3 Å². The van der Waals surface area contributed by atoms with Crippen LogP contribution < -0.4 is 0 Å². The van der Waals surface area contributed by atoms with Crippen molar-refractivity contribution >= 4 is 34.1 Å². The van der Waals surface area contributed by atoms with Gasteiger partial charge in [-0.25, -0.2) is 0 Å². The zero-order valence-corrected chi connectivity index (χ0v) is 19.8. The van der Waals surface area contributed by atoms with E-state index in [-0.39, 0.29) is 17.7 Å². The van der Waals surface area contributed by atoms with Gasteiger partial charge in [0.2, 0.25) is 5.91 Å². The minimum atomic E-state index is 0.0134. The van der Waals surface area contributed by atoms with E-state index in [1.807, 2.05) is 40.1 Å². The molecule has 2 aromatic carbocycles. The Morgan fingerprint density at radius 1 is 0.794 bits per heavy atom. The number of hydrogen-bond donors (Lipinski definition) is 0. The Hall–Kier alpha value is -3.38. The number of carbonyl (C=O) groups excluding carboxylic acids is 2. The second-order valence-corrected chi connectivity index (χ2v) is 10.3. The van der Waals surface area contributed by atoms with E-state index in [2.05, 4.69) is 47.2 Å². The Bertz CT molecular complexity index is 1360. The van der Waals surface area contributed by atoms with Crippen molar-refractivity contribution in [2.45, 2.75) is 25.8 Å². The van der Waals surface area contributed by atoms with E-state index in [0.717, 1.165) is 41.2 Å². The highest BCUT2D eigenvalue weighted by Crippen LogP contribution is 2.29. The number of para-hydroxylation sites is 1. The van der Waals surface area contributed by atoms with Gasteiger partial charge < -0.3 is 14.4 Å². The normalized spacial score (nSPS) is 16.6. The lowest BCUT2D eigenvalue weighted by molar-refractivity contribution is -0.137. The molecule has 34 heavy (non-hydrogen) atoms. The number of fused-ring (bicyclic) bond motifs is 2. The number of hydrogen-bond acceptors (Lipinski definition) is 3. The largest absolute Gasteiger partial charge is 0.338 e. The Morgan fingerprint density at radius 3 is 2.41 bits per heavy atom. The van der Waals surface area contributed by atoms with Crippen LogP contribution in [0.2, 0.25) is 0 Å². The number of nitrogens with zero attached hydrogens (tertiary/aromatic N) is 3. The Labute approximate surface area is 203 Å². The van der Waals surface area contributed by atoms with Crippen LogP contribution in [0.15, 0.2) is 72.9 Å². The molecule has 0 aliphatic carbocycles. The van der Waals surface area contributed by atoms with Crippen LogP contribution in [0.25, 0.3) is 15.9 Å². The molecule has 2 aromatic heterocycles. The summed E-state index contributed by atoms with van der Waals surface area (Å²) in [7, 11) is 0. The highest BCUT2D eigenvalue weighted by molar-refractivity contribution is 7.16. The molecule has 2 aliphatic heterocycles. The second-order valence-electron chi connectivity index (χ2n) is 9.23. The number of aromatic nitrogens is 1. The van der Waals surface area contributed by atoms with Crippen molar-refractivity contribution < 1.29 is 9.59 Å². The van der Waals surface area contributed by atoms with Gasteiger partial charge in [0.1, 0.15) is 5.00 Å². The lowest BCUT2D eigenvalue weighted by Gasteiger charge is -2.36. The van der Waals surface area contributed by atoms with Gasteiger partial charge in [-0.1, -0.05) is 42.5 Å². The molecule has 0 radical (unpaired) electrons. The Balaban J connectivity index is 1.09. The minimum absolute atomic E-state index is 0.0134. The summed E-state index contributed by atoms with van der Waals surface area (Å²) in [6, 6.07) is 22.7. The van der Waals surface area contributed by atoms with Crippen LogP contribution in [0.1, 0.15) is 33.6 Å². The summed E-state index contributed by atoms with van der Waals surface area (Å²) in [5, 5.41) is 2.23. The summed E-state index contributed by atoms with van der Waals surface area (Å²) in [6.45, 7) is 2.78. The third-order valence-electron chi connectivity index (χ3n) is 7.21. The molecule has 0 saturated carbocycles. The molecule has 2 amide bonds. The average Bonchev–Trinajstić information content (AvgIpc) is 3.55. The second kappa shape index (κ2) is 8.76. The van der Waals surface area contributed by atoms with Crippen molar-refractivity contribution in [3.63, 3.8) is 0 Å². The highest BCUT2D eigenvalue weighted by Gasteiger charge is 2.32. The predicted molar refractivity (Wildman–Crippen MR) is 135 cm³/mol. The third kappa shape index (κ3) is 3.82. The maximum absolute atomic E-state index is 13.2. The van der Waals surface area contributed by atoms with Crippen molar-refractivity contribution in [3.05, 3.63) is 88.9 Å². The van der Waals surface area contributed by atoms with E-state index in [9.17, 15) is 9.59 Å². The SMILES string of the molecule is O=C(c1ccc(-n2ccc3ccccc32)s1)N1CCC(C(=O)N2CCc3ccccc3C2)CC1. The third-order valence-corrected chi connectivity index (χ3v) is 8.29. The molecule has 5 nitrogen and oxygen atoms in total. The first kappa shape index (κ1) is 21.2. The monoisotopic (exact) mass is 469 g/mol. The zero-order chi connectivity index (χ0) is 23.1. The van der Waals surface area contributed by atoms with Crippen molar-refractivity contribution in [3.8, 4) is 5.00 Å². The molecule has 0 spiro atoms. The van der Waals surface area contributed by atoms with Crippen molar-refractivity contribution in [2.75, 3.05) is 19.6 Å². The lowest BCUT2D eigenvalue weighted by Crippen LogP contribution is -2.45. The predicted octanol–water partition coefficient (Wildman–Crippen LogP) is 5.13. The van der Waals surface area contributed by atoms with E-state index in [1.54, 1.807) is 0 Å². The molecule has 4 heterocycles. The Kier molecular flexibility index (Phi) is 5.46. The number of benzene rings is 2. The molecule has 1 saturated heterocycles. The Morgan fingerprint density at radius 2 is 1.56 bits per heavy atom. The van der Waals surface area contributed by atoms with Crippen LogP contribution in [0.3, 0.4) is 0 Å². The molecule has 6 rings (SSSR count). The molecule has 6 heteroatoms. The van der Waals surface area contributed by atoms with Crippen LogP contribution in [0.4, 0.5) is 0 Å². The zero-order valence-electron chi connectivity index (χ0n) is 19.0. The number of likely N-dealkylation sites (tertiary alicyclic amines) is 1. The van der Waals surface area contributed by atoms with E-state index in [4.69, 9.17) is 0 Å². The lowest BCUT2D eigenvalue weighted by atomic mass is 9.93. The number of thiophene rings is 1. The fourth-order valence-electron chi connectivity index (χ4n) is 5.27. The van der Waals surface area contributed by atoms with Gasteiger partial charge in [-0.3, -0.25) is 9.59 Å². The molecule has 0 atom stereocenters. The standard InChI is InChI=1S/C28H27N3O2S/c32-27(30-17-11-20-5-1-2-7-23(20)19-30)22-12-15-29(16-13-22)28(33)25-9-10-26(34-25)31-18-14-21-6-3-4-8-24(21)31/h1-10,14,18,22H,11-13,15-17,19H2. The molecule has 0 unspecified atom stereocenters. The number of amides is 2. The maximum atomic E-state index is 13.2. The summed E-state index contributed by atoms with van der Waals surface area (Å²) in [4.78, 5) is 31.0. The molecular weight excluding hydrogens is 442 g/mol. The van der Waals surface area contributed by atoms with Gasteiger partial charge in [-0.2, -0.15) is 0 Å². The first-order chi connectivity index (χ1) is 16.7. The number of carbonyl (C=O) groups is 2. The van der Waals surface area contributed by atoms with Crippen LogP contribution in [0.5, 0.6) is 0 Å². The van der Waals surface area contributed by atoms with Gasteiger partial charge in [0.15, 0.2) is 0 Å². The fourth-order valence-corrected chi connectivity index (χ4v) is 6.25. The van der Waals surface area contributed by atoms with Crippen molar-refractivity contribution in [2.24, 2.45) is 5.92 Å². The van der Waals surface area contributed by atoms with Gasteiger partial charge >= 0.3 is 0 Å². The number of piperidine rings is 1. The molecule has 1 fully saturated rings. The van der Waals surface area contributed by atoms with E-state index in [1.165, 1.54) is 27.8 Å². The average molecular weight is 470 g/mol. The summed E-state index contributed by atoms with van der Waals surface area (Å²) >= 11 is 1.53. The summed E-state index contributed by atoms with van der Waals surface area (Å²) in [5.74, 6) is 0.337. The smallest absolute Gasteiger partial charge is 0.263 e. The maximum Gasteiger partial charge on any atom is 0.263 e.